The Morgan fingerprint density at radius 1 is 1.39 bits per heavy atom. The molecule has 0 saturated carbocycles. The molecule has 1 N–H and O–H groups in total. The van der Waals surface area contributed by atoms with Gasteiger partial charge >= 0.3 is 5.97 Å². The van der Waals surface area contributed by atoms with Gasteiger partial charge in [-0.1, -0.05) is 12.1 Å². The number of carboxylic acid groups (broad SMARTS) is 1. The van der Waals surface area contributed by atoms with Gasteiger partial charge in [0.2, 0.25) is 0 Å². The summed E-state index contributed by atoms with van der Waals surface area (Å²) in [6.45, 7) is 5.80. The van der Waals surface area contributed by atoms with E-state index in [4.69, 9.17) is 9.47 Å². The molecule has 0 bridgehead atoms. The van der Waals surface area contributed by atoms with Crippen molar-refractivity contribution in [3.05, 3.63) is 23.8 Å². The molecule has 0 aliphatic heterocycles. The molecule has 18 heavy (non-hydrogen) atoms. The number of ether oxygens (including phenoxy) is 2. The van der Waals surface area contributed by atoms with Crippen LogP contribution in [0.3, 0.4) is 0 Å². The maximum atomic E-state index is 11.2. The number of aliphatic carboxylic acids is 1. The Morgan fingerprint density at radius 3 is 2.56 bits per heavy atom. The van der Waals surface area contributed by atoms with E-state index in [0.717, 1.165) is 5.56 Å². The Kier molecular flexibility index (Phi) is 4.59. The molecule has 0 amide bonds. The van der Waals surface area contributed by atoms with Gasteiger partial charge in [0.1, 0.15) is 0 Å². The first-order valence-electron chi connectivity index (χ1n) is 5.94. The summed E-state index contributed by atoms with van der Waals surface area (Å²) < 4.78 is 10.8. The SMILES string of the molecule is CCOc1c(CC(C)(C)C(=O)O)cccc1OC. The zero-order valence-corrected chi connectivity index (χ0v) is 11.3. The highest BCUT2D eigenvalue weighted by atomic mass is 16.5. The van der Waals surface area contributed by atoms with Gasteiger partial charge in [-0.2, -0.15) is 0 Å². The zero-order valence-electron chi connectivity index (χ0n) is 11.3. The molecule has 0 radical (unpaired) electrons. The minimum atomic E-state index is -0.835. The van der Waals surface area contributed by atoms with Crippen LogP contribution in [0.15, 0.2) is 18.2 Å². The minimum absolute atomic E-state index is 0.398. The highest BCUT2D eigenvalue weighted by Gasteiger charge is 2.29. The predicted octanol–water partition coefficient (Wildman–Crippen LogP) is 2.75. The molecule has 1 aromatic rings. The summed E-state index contributed by atoms with van der Waals surface area (Å²) in [6.07, 6.45) is 0.398. The summed E-state index contributed by atoms with van der Waals surface area (Å²) in [5.41, 5.74) is 0.0155. The van der Waals surface area contributed by atoms with Gasteiger partial charge in [-0.05, 0) is 38.8 Å². The van der Waals surface area contributed by atoms with Gasteiger partial charge in [0.25, 0.3) is 0 Å². The van der Waals surface area contributed by atoms with Crippen molar-refractivity contribution >= 4 is 5.97 Å². The Morgan fingerprint density at radius 2 is 2.06 bits per heavy atom. The summed E-state index contributed by atoms with van der Waals surface area (Å²) >= 11 is 0. The summed E-state index contributed by atoms with van der Waals surface area (Å²) in [5, 5.41) is 9.18. The smallest absolute Gasteiger partial charge is 0.309 e. The minimum Gasteiger partial charge on any atom is -0.493 e. The molecule has 0 atom stereocenters. The van der Waals surface area contributed by atoms with Crippen LogP contribution in [0, 0.1) is 5.41 Å². The topological polar surface area (TPSA) is 55.8 Å². The lowest BCUT2D eigenvalue weighted by molar-refractivity contribution is -0.146. The van der Waals surface area contributed by atoms with E-state index in [2.05, 4.69) is 0 Å². The Labute approximate surface area is 108 Å². The van der Waals surface area contributed by atoms with Gasteiger partial charge in [0.05, 0.1) is 19.1 Å². The highest BCUT2D eigenvalue weighted by Crippen LogP contribution is 2.35. The highest BCUT2D eigenvalue weighted by molar-refractivity contribution is 5.74. The van der Waals surface area contributed by atoms with Gasteiger partial charge < -0.3 is 14.6 Å². The largest absolute Gasteiger partial charge is 0.493 e. The van der Waals surface area contributed by atoms with E-state index in [9.17, 15) is 9.90 Å². The second-order valence-electron chi connectivity index (χ2n) is 4.75. The number of methoxy groups -OCH3 is 1. The van der Waals surface area contributed by atoms with Crippen molar-refractivity contribution in [2.24, 2.45) is 5.41 Å². The van der Waals surface area contributed by atoms with Gasteiger partial charge in [0.15, 0.2) is 11.5 Å². The Bertz CT molecular complexity index is 424. The van der Waals surface area contributed by atoms with Crippen molar-refractivity contribution in [1.82, 2.24) is 0 Å². The van der Waals surface area contributed by atoms with E-state index in [-0.39, 0.29) is 0 Å². The van der Waals surface area contributed by atoms with Gasteiger partial charge in [-0.3, -0.25) is 4.79 Å². The maximum Gasteiger partial charge on any atom is 0.309 e. The summed E-state index contributed by atoms with van der Waals surface area (Å²) in [5.74, 6) is 0.445. The molecule has 0 aromatic heterocycles. The van der Waals surface area contributed by atoms with Gasteiger partial charge in [0, 0.05) is 0 Å². The molecule has 0 aliphatic rings. The first kappa shape index (κ1) is 14.4. The lowest BCUT2D eigenvalue weighted by Gasteiger charge is -2.21. The fourth-order valence-electron chi connectivity index (χ4n) is 1.72. The number of carbonyl (C=O) groups is 1. The molecule has 0 unspecified atom stereocenters. The third-order valence-corrected chi connectivity index (χ3v) is 2.78. The molecule has 0 saturated heterocycles. The third kappa shape index (κ3) is 3.15. The lowest BCUT2D eigenvalue weighted by atomic mass is 9.85. The number of rotatable bonds is 6. The van der Waals surface area contributed by atoms with Crippen molar-refractivity contribution < 1.29 is 19.4 Å². The van der Waals surface area contributed by atoms with Crippen LogP contribution in [-0.2, 0) is 11.2 Å². The molecule has 0 heterocycles. The molecule has 4 heteroatoms. The van der Waals surface area contributed by atoms with Crippen LogP contribution >= 0.6 is 0 Å². The Hall–Kier alpha value is -1.71. The van der Waals surface area contributed by atoms with E-state index in [1.165, 1.54) is 0 Å². The standard InChI is InChI=1S/C14H20O4/c1-5-18-12-10(7-6-8-11(12)17-4)9-14(2,3)13(15)16/h6-8H,5,9H2,1-4H3,(H,15,16). The monoisotopic (exact) mass is 252 g/mol. The van der Waals surface area contributed by atoms with E-state index in [1.54, 1.807) is 21.0 Å². The summed E-state index contributed by atoms with van der Waals surface area (Å²) in [7, 11) is 1.57. The number of benzene rings is 1. The third-order valence-electron chi connectivity index (χ3n) is 2.78. The molecule has 0 aliphatic carbocycles. The van der Waals surface area contributed by atoms with E-state index in [1.807, 2.05) is 25.1 Å². The molecule has 4 nitrogen and oxygen atoms in total. The first-order valence-corrected chi connectivity index (χ1v) is 5.94. The quantitative estimate of drug-likeness (QED) is 0.845. The fourth-order valence-corrected chi connectivity index (χ4v) is 1.72. The van der Waals surface area contributed by atoms with Crippen molar-refractivity contribution in [1.29, 1.82) is 0 Å². The number of hydrogen-bond donors (Lipinski definition) is 1. The van der Waals surface area contributed by atoms with Crippen LogP contribution in [0.4, 0.5) is 0 Å². The van der Waals surface area contributed by atoms with Crippen molar-refractivity contribution in [3.63, 3.8) is 0 Å². The number of carboxylic acids is 1. The summed E-state index contributed by atoms with van der Waals surface area (Å²) in [6, 6.07) is 5.52. The van der Waals surface area contributed by atoms with E-state index < -0.39 is 11.4 Å². The number of hydrogen-bond acceptors (Lipinski definition) is 3. The molecule has 100 valence electrons. The summed E-state index contributed by atoms with van der Waals surface area (Å²) in [4.78, 5) is 11.2. The van der Waals surface area contributed by atoms with Crippen LogP contribution in [0.1, 0.15) is 26.3 Å². The van der Waals surface area contributed by atoms with Crippen LogP contribution in [0.5, 0.6) is 11.5 Å². The van der Waals surface area contributed by atoms with Gasteiger partial charge in [-0.25, -0.2) is 0 Å². The van der Waals surface area contributed by atoms with Crippen LogP contribution < -0.4 is 9.47 Å². The average Bonchev–Trinajstić information content (AvgIpc) is 2.31. The van der Waals surface area contributed by atoms with E-state index in [0.29, 0.717) is 24.5 Å². The fraction of sp³-hybridized carbons (Fsp3) is 0.500. The first-order chi connectivity index (χ1) is 8.42. The molecule has 0 fully saturated rings. The zero-order chi connectivity index (χ0) is 13.8. The molecule has 1 rings (SSSR count). The molecular formula is C14H20O4. The number of para-hydroxylation sites is 1. The lowest BCUT2D eigenvalue weighted by Crippen LogP contribution is -2.26. The van der Waals surface area contributed by atoms with Crippen LogP contribution in [0.2, 0.25) is 0 Å². The van der Waals surface area contributed by atoms with Crippen LogP contribution in [0.25, 0.3) is 0 Å². The van der Waals surface area contributed by atoms with Crippen LogP contribution in [-0.4, -0.2) is 24.8 Å². The molecular weight excluding hydrogens is 232 g/mol. The Balaban J connectivity index is 3.12. The van der Waals surface area contributed by atoms with E-state index >= 15 is 0 Å². The molecule has 0 spiro atoms. The van der Waals surface area contributed by atoms with Crippen molar-refractivity contribution in [2.75, 3.05) is 13.7 Å². The maximum absolute atomic E-state index is 11.2. The normalized spacial score (nSPS) is 11.1. The average molecular weight is 252 g/mol. The van der Waals surface area contributed by atoms with Gasteiger partial charge in [-0.15, -0.1) is 0 Å². The van der Waals surface area contributed by atoms with Crippen molar-refractivity contribution in [3.8, 4) is 11.5 Å². The predicted molar refractivity (Wildman–Crippen MR) is 69.3 cm³/mol. The van der Waals surface area contributed by atoms with Crippen molar-refractivity contribution in [2.45, 2.75) is 27.2 Å². The second-order valence-corrected chi connectivity index (χ2v) is 4.75. The second kappa shape index (κ2) is 5.76. The molecule has 1 aromatic carbocycles.